The number of alkyl halides is 2. The molecule has 0 aliphatic carbocycles. The van der Waals surface area contributed by atoms with Crippen molar-refractivity contribution in [3.05, 3.63) is 83.4 Å². The van der Waals surface area contributed by atoms with Crippen LogP contribution in [0.25, 0.3) is 11.1 Å². The first kappa shape index (κ1) is 24.6. The molecule has 3 rings (SSSR count). The highest BCUT2D eigenvalue weighted by molar-refractivity contribution is 5.65. The molecular formula is C27H28F4O2. The van der Waals surface area contributed by atoms with E-state index in [-0.39, 0.29) is 30.1 Å². The van der Waals surface area contributed by atoms with E-state index in [9.17, 15) is 17.6 Å². The fraction of sp³-hybridized carbons (Fsp3) is 0.333. The zero-order chi connectivity index (χ0) is 23.8. The summed E-state index contributed by atoms with van der Waals surface area (Å²) in [7, 11) is 0. The average molecular weight is 461 g/mol. The van der Waals surface area contributed by atoms with Crippen molar-refractivity contribution < 1.29 is 27.0 Å². The Morgan fingerprint density at radius 2 is 1.39 bits per heavy atom. The lowest BCUT2D eigenvalue weighted by atomic mass is 10.0. The van der Waals surface area contributed by atoms with Crippen molar-refractivity contribution in [1.82, 2.24) is 0 Å². The van der Waals surface area contributed by atoms with E-state index in [2.05, 4.69) is 6.92 Å². The summed E-state index contributed by atoms with van der Waals surface area (Å²) in [5.41, 5.74) is 2.27. The molecule has 0 aromatic heterocycles. The predicted molar refractivity (Wildman–Crippen MR) is 122 cm³/mol. The van der Waals surface area contributed by atoms with Crippen LogP contribution >= 0.6 is 0 Å². The second-order valence-electron chi connectivity index (χ2n) is 7.86. The minimum Gasteiger partial charge on any atom is -0.491 e. The Kier molecular flexibility index (Phi) is 8.37. The van der Waals surface area contributed by atoms with Gasteiger partial charge in [0.25, 0.3) is 0 Å². The zero-order valence-electron chi connectivity index (χ0n) is 18.8. The number of halogens is 4. The molecule has 2 nitrogen and oxygen atoms in total. The number of benzene rings is 3. The van der Waals surface area contributed by atoms with Gasteiger partial charge in [-0.3, -0.25) is 0 Å². The average Bonchev–Trinajstić information content (AvgIpc) is 2.81. The Labute approximate surface area is 192 Å². The number of rotatable bonds is 11. The molecule has 0 N–H and O–H groups in total. The van der Waals surface area contributed by atoms with Gasteiger partial charge in [0, 0.05) is 5.56 Å². The minimum atomic E-state index is -3.33. The van der Waals surface area contributed by atoms with Crippen LogP contribution in [-0.2, 0) is 12.8 Å². The lowest BCUT2D eigenvalue weighted by Crippen LogP contribution is -2.25. The van der Waals surface area contributed by atoms with Crippen LogP contribution in [0, 0.1) is 11.6 Å². The largest absolute Gasteiger partial charge is 0.491 e. The minimum absolute atomic E-state index is 0.0714. The van der Waals surface area contributed by atoms with Gasteiger partial charge in [-0.2, -0.15) is 13.2 Å². The predicted octanol–water partition coefficient (Wildman–Crippen LogP) is 7.98. The molecule has 0 saturated carbocycles. The van der Waals surface area contributed by atoms with Gasteiger partial charge >= 0.3 is 6.11 Å². The van der Waals surface area contributed by atoms with E-state index in [4.69, 9.17) is 9.47 Å². The van der Waals surface area contributed by atoms with E-state index in [0.717, 1.165) is 24.8 Å². The maximum absolute atomic E-state index is 14.4. The van der Waals surface area contributed by atoms with Crippen molar-refractivity contribution in [2.75, 3.05) is 6.61 Å². The Morgan fingerprint density at radius 1 is 0.758 bits per heavy atom. The van der Waals surface area contributed by atoms with E-state index in [0.29, 0.717) is 11.1 Å². The Hall–Kier alpha value is -3.02. The molecule has 0 radical (unpaired) electrons. The van der Waals surface area contributed by atoms with Crippen LogP contribution in [0.2, 0.25) is 0 Å². The molecule has 0 bridgehead atoms. The summed E-state index contributed by atoms with van der Waals surface area (Å²) in [6.45, 7) is 4.01. The third kappa shape index (κ3) is 6.73. The molecule has 33 heavy (non-hydrogen) atoms. The topological polar surface area (TPSA) is 18.5 Å². The Bertz CT molecular complexity index is 1030. The lowest BCUT2D eigenvalue weighted by molar-refractivity contribution is -0.180. The third-order valence-corrected chi connectivity index (χ3v) is 5.33. The van der Waals surface area contributed by atoms with Gasteiger partial charge in [0.05, 0.1) is 13.0 Å². The summed E-state index contributed by atoms with van der Waals surface area (Å²) < 4.78 is 67.1. The highest BCUT2D eigenvalue weighted by atomic mass is 19.3. The van der Waals surface area contributed by atoms with Crippen molar-refractivity contribution in [2.24, 2.45) is 0 Å². The SMILES string of the molecule is CCCCc1ccc(OC(F)(F)CCc2ccc(-c3ccc(OCC)c(F)c3F)cc2)cc1. The quantitative estimate of drug-likeness (QED) is 0.270. The van der Waals surface area contributed by atoms with Crippen molar-refractivity contribution in [2.45, 2.75) is 52.1 Å². The molecule has 0 saturated heterocycles. The first-order chi connectivity index (χ1) is 15.8. The molecule has 0 aliphatic heterocycles. The Morgan fingerprint density at radius 3 is 2.03 bits per heavy atom. The second kappa shape index (κ2) is 11.2. The molecule has 0 amide bonds. The molecule has 0 atom stereocenters. The summed E-state index contributed by atoms with van der Waals surface area (Å²) in [5, 5.41) is 0. The summed E-state index contributed by atoms with van der Waals surface area (Å²) in [4.78, 5) is 0. The normalized spacial score (nSPS) is 11.5. The maximum atomic E-state index is 14.4. The summed E-state index contributed by atoms with van der Waals surface area (Å²) in [5.74, 6) is -2.07. The van der Waals surface area contributed by atoms with Crippen LogP contribution in [-0.4, -0.2) is 12.7 Å². The van der Waals surface area contributed by atoms with Crippen LogP contribution in [0.5, 0.6) is 11.5 Å². The zero-order valence-corrected chi connectivity index (χ0v) is 18.8. The molecule has 0 spiro atoms. The van der Waals surface area contributed by atoms with E-state index >= 15 is 0 Å². The van der Waals surface area contributed by atoms with E-state index in [1.165, 1.54) is 12.1 Å². The molecule has 0 aliphatic rings. The molecule has 0 heterocycles. The van der Waals surface area contributed by atoms with Gasteiger partial charge in [-0.25, -0.2) is 4.39 Å². The highest BCUT2D eigenvalue weighted by Crippen LogP contribution is 2.31. The van der Waals surface area contributed by atoms with E-state index in [1.54, 1.807) is 43.3 Å². The first-order valence-corrected chi connectivity index (χ1v) is 11.2. The fourth-order valence-corrected chi connectivity index (χ4v) is 3.49. The van der Waals surface area contributed by atoms with Gasteiger partial charge in [0.1, 0.15) is 5.75 Å². The van der Waals surface area contributed by atoms with Crippen molar-refractivity contribution >= 4 is 0 Å². The summed E-state index contributed by atoms with van der Waals surface area (Å²) in [6.07, 6.45) is -0.721. The van der Waals surface area contributed by atoms with Crippen molar-refractivity contribution in [1.29, 1.82) is 0 Å². The van der Waals surface area contributed by atoms with Gasteiger partial charge in [-0.05, 0) is 67.1 Å². The lowest BCUT2D eigenvalue weighted by Gasteiger charge is -2.18. The standard InChI is InChI=1S/C27H28F4O2/c1-3-5-6-19-9-13-22(14-10-19)33-27(30,31)18-17-20-7-11-21(12-8-20)23-15-16-24(32-4-2)26(29)25(23)28/h7-16H,3-6,17-18H2,1-2H3. The van der Waals surface area contributed by atoms with Gasteiger partial charge in [-0.15, -0.1) is 0 Å². The second-order valence-corrected chi connectivity index (χ2v) is 7.86. The van der Waals surface area contributed by atoms with Gasteiger partial charge in [-0.1, -0.05) is 49.7 Å². The molecule has 3 aromatic carbocycles. The van der Waals surface area contributed by atoms with Gasteiger partial charge in [0.2, 0.25) is 5.82 Å². The number of hydrogen-bond acceptors (Lipinski definition) is 2. The van der Waals surface area contributed by atoms with Crippen molar-refractivity contribution in [3.63, 3.8) is 0 Å². The third-order valence-electron chi connectivity index (χ3n) is 5.33. The molecular weight excluding hydrogens is 432 g/mol. The van der Waals surface area contributed by atoms with Crippen LogP contribution in [0.3, 0.4) is 0 Å². The summed E-state index contributed by atoms with van der Waals surface area (Å²) in [6, 6.07) is 16.0. The number of hydrogen-bond donors (Lipinski definition) is 0. The van der Waals surface area contributed by atoms with Crippen LogP contribution < -0.4 is 9.47 Å². The van der Waals surface area contributed by atoms with E-state index in [1.807, 2.05) is 12.1 Å². The van der Waals surface area contributed by atoms with Gasteiger partial charge < -0.3 is 9.47 Å². The van der Waals surface area contributed by atoms with Crippen LogP contribution in [0.15, 0.2) is 60.7 Å². The maximum Gasteiger partial charge on any atom is 0.398 e. The molecule has 176 valence electrons. The molecule has 6 heteroatoms. The van der Waals surface area contributed by atoms with Gasteiger partial charge in [0.15, 0.2) is 11.6 Å². The van der Waals surface area contributed by atoms with Crippen molar-refractivity contribution in [3.8, 4) is 22.6 Å². The fourth-order valence-electron chi connectivity index (χ4n) is 3.49. The molecule has 0 fully saturated rings. The van der Waals surface area contributed by atoms with Crippen LogP contribution in [0.1, 0.15) is 44.2 Å². The number of aryl methyl sites for hydroxylation is 2. The Balaban J connectivity index is 1.60. The molecule has 3 aromatic rings. The molecule has 0 unspecified atom stereocenters. The van der Waals surface area contributed by atoms with Crippen LogP contribution in [0.4, 0.5) is 17.6 Å². The van der Waals surface area contributed by atoms with E-state index < -0.39 is 24.2 Å². The first-order valence-electron chi connectivity index (χ1n) is 11.2. The number of ether oxygens (including phenoxy) is 2. The number of unbranched alkanes of at least 4 members (excludes halogenated alkanes) is 1. The monoisotopic (exact) mass is 460 g/mol. The highest BCUT2D eigenvalue weighted by Gasteiger charge is 2.31. The summed E-state index contributed by atoms with van der Waals surface area (Å²) >= 11 is 0. The smallest absolute Gasteiger partial charge is 0.398 e.